The molecular formula is C13H13BrN2O2. The molecule has 2 aromatic rings. The highest BCUT2D eigenvalue weighted by atomic mass is 79.9. The number of likely N-dealkylation sites (N-methyl/N-ethyl adjacent to an activating group) is 1. The van der Waals surface area contributed by atoms with Crippen molar-refractivity contribution < 1.29 is 9.21 Å². The molecule has 4 nitrogen and oxygen atoms in total. The fourth-order valence-corrected chi connectivity index (χ4v) is 1.78. The van der Waals surface area contributed by atoms with E-state index in [-0.39, 0.29) is 12.3 Å². The lowest BCUT2D eigenvalue weighted by Crippen LogP contribution is -2.28. The molecule has 0 saturated carbocycles. The minimum atomic E-state index is -0.0563. The molecule has 0 aliphatic rings. The van der Waals surface area contributed by atoms with E-state index in [9.17, 15) is 4.79 Å². The number of carbonyl (C=O) groups excluding carboxylic acids is 1. The first kappa shape index (κ1) is 12.8. The van der Waals surface area contributed by atoms with Gasteiger partial charge in [0, 0.05) is 17.7 Å². The summed E-state index contributed by atoms with van der Waals surface area (Å²) in [5.41, 5.74) is 0. The summed E-state index contributed by atoms with van der Waals surface area (Å²) >= 11 is 3.31. The van der Waals surface area contributed by atoms with E-state index < -0.39 is 0 Å². The lowest BCUT2D eigenvalue weighted by atomic mass is 10.3. The fourth-order valence-electron chi connectivity index (χ4n) is 1.54. The van der Waals surface area contributed by atoms with Crippen LogP contribution in [-0.4, -0.2) is 17.9 Å². The van der Waals surface area contributed by atoms with E-state index in [1.807, 2.05) is 25.1 Å². The largest absolute Gasteiger partial charge is 0.466 e. The number of carbonyl (C=O) groups is 1. The van der Waals surface area contributed by atoms with Gasteiger partial charge in [0.15, 0.2) is 0 Å². The third kappa shape index (κ3) is 2.98. The molecule has 0 aliphatic carbocycles. The standard InChI is InChI=1S/C13H13BrN2O2/c1-9-3-5-11(18-9)7-13(17)16(2)12-6-4-10(14)8-15-12/h3-6,8H,7H2,1-2H3. The SMILES string of the molecule is Cc1ccc(CC(=O)N(C)c2ccc(Br)cn2)o1. The van der Waals surface area contributed by atoms with Gasteiger partial charge >= 0.3 is 0 Å². The molecule has 0 N–H and O–H groups in total. The lowest BCUT2D eigenvalue weighted by Gasteiger charge is -2.15. The Labute approximate surface area is 114 Å². The molecule has 0 aromatic carbocycles. The van der Waals surface area contributed by atoms with Gasteiger partial charge < -0.3 is 4.42 Å². The van der Waals surface area contributed by atoms with Crippen LogP contribution < -0.4 is 4.90 Å². The highest BCUT2D eigenvalue weighted by Crippen LogP contribution is 2.15. The number of rotatable bonds is 3. The predicted molar refractivity (Wildman–Crippen MR) is 72.5 cm³/mol. The van der Waals surface area contributed by atoms with Crippen molar-refractivity contribution in [2.24, 2.45) is 0 Å². The molecule has 0 atom stereocenters. The van der Waals surface area contributed by atoms with E-state index in [0.717, 1.165) is 10.2 Å². The molecule has 0 fully saturated rings. The van der Waals surface area contributed by atoms with Crippen LogP contribution in [0.1, 0.15) is 11.5 Å². The first-order valence-electron chi connectivity index (χ1n) is 5.49. The summed E-state index contributed by atoms with van der Waals surface area (Å²) in [5, 5.41) is 0. The van der Waals surface area contributed by atoms with E-state index in [2.05, 4.69) is 20.9 Å². The van der Waals surface area contributed by atoms with Crippen molar-refractivity contribution in [1.29, 1.82) is 0 Å². The molecule has 0 bridgehead atoms. The van der Waals surface area contributed by atoms with Crippen LogP contribution in [-0.2, 0) is 11.2 Å². The summed E-state index contributed by atoms with van der Waals surface area (Å²) in [6, 6.07) is 7.30. The molecule has 18 heavy (non-hydrogen) atoms. The summed E-state index contributed by atoms with van der Waals surface area (Å²) in [7, 11) is 1.70. The van der Waals surface area contributed by atoms with Crippen molar-refractivity contribution >= 4 is 27.7 Å². The number of furan rings is 1. The Balaban J connectivity index is 2.07. The van der Waals surface area contributed by atoms with Gasteiger partial charge in [0.05, 0.1) is 6.42 Å². The summed E-state index contributed by atoms with van der Waals surface area (Å²) in [5.74, 6) is 2.04. The minimum absolute atomic E-state index is 0.0563. The highest BCUT2D eigenvalue weighted by molar-refractivity contribution is 9.10. The highest BCUT2D eigenvalue weighted by Gasteiger charge is 2.14. The van der Waals surface area contributed by atoms with Gasteiger partial charge in [-0.25, -0.2) is 4.98 Å². The lowest BCUT2D eigenvalue weighted by molar-refractivity contribution is -0.117. The topological polar surface area (TPSA) is 46.3 Å². The van der Waals surface area contributed by atoms with Crippen molar-refractivity contribution in [2.45, 2.75) is 13.3 Å². The predicted octanol–water partition coefficient (Wildman–Crippen LogP) is 2.95. The molecule has 0 spiro atoms. The summed E-state index contributed by atoms with van der Waals surface area (Å²) in [6.45, 7) is 1.86. The quantitative estimate of drug-likeness (QED) is 0.876. The van der Waals surface area contributed by atoms with Crippen LogP contribution in [0.15, 0.2) is 39.4 Å². The zero-order valence-electron chi connectivity index (χ0n) is 10.2. The maximum Gasteiger partial charge on any atom is 0.235 e. The van der Waals surface area contributed by atoms with Gasteiger partial charge in [-0.15, -0.1) is 0 Å². The van der Waals surface area contributed by atoms with E-state index in [1.54, 1.807) is 19.3 Å². The van der Waals surface area contributed by atoms with E-state index in [4.69, 9.17) is 4.42 Å². The molecule has 5 heteroatoms. The van der Waals surface area contributed by atoms with Crippen LogP contribution in [0.4, 0.5) is 5.82 Å². The van der Waals surface area contributed by atoms with Crippen LogP contribution in [0.25, 0.3) is 0 Å². The Morgan fingerprint density at radius 2 is 2.17 bits per heavy atom. The van der Waals surface area contributed by atoms with Crippen molar-refractivity contribution in [2.75, 3.05) is 11.9 Å². The first-order valence-corrected chi connectivity index (χ1v) is 6.29. The third-order valence-corrected chi connectivity index (χ3v) is 3.02. The Morgan fingerprint density at radius 1 is 1.39 bits per heavy atom. The number of aromatic nitrogens is 1. The average Bonchev–Trinajstić information content (AvgIpc) is 2.75. The van der Waals surface area contributed by atoms with Crippen molar-refractivity contribution in [3.05, 3.63) is 46.5 Å². The van der Waals surface area contributed by atoms with E-state index in [1.165, 1.54) is 4.90 Å². The van der Waals surface area contributed by atoms with Crippen molar-refractivity contribution in [1.82, 2.24) is 4.98 Å². The number of anilines is 1. The maximum atomic E-state index is 12.0. The molecule has 0 saturated heterocycles. The molecule has 0 radical (unpaired) electrons. The van der Waals surface area contributed by atoms with Crippen LogP contribution in [0.2, 0.25) is 0 Å². The summed E-state index contributed by atoms with van der Waals surface area (Å²) in [4.78, 5) is 17.7. The molecule has 2 rings (SSSR count). The van der Waals surface area contributed by atoms with Gasteiger partial charge in [-0.1, -0.05) is 0 Å². The van der Waals surface area contributed by atoms with E-state index in [0.29, 0.717) is 11.6 Å². The van der Waals surface area contributed by atoms with Crippen LogP contribution in [0.5, 0.6) is 0 Å². The maximum absolute atomic E-state index is 12.0. The fraction of sp³-hybridized carbons (Fsp3) is 0.231. The number of halogens is 1. The molecule has 2 heterocycles. The van der Waals surface area contributed by atoms with Crippen LogP contribution >= 0.6 is 15.9 Å². The third-order valence-electron chi connectivity index (χ3n) is 2.55. The molecular weight excluding hydrogens is 296 g/mol. The molecule has 0 unspecified atom stereocenters. The number of nitrogens with zero attached hydrogens (tertiary/aromatic N) is 2. The monoisotopic (exact) mass is 308 g/mol. The van der Waals surface area contributed by atoms with Gasteiger partial charge in [0.1, 0.15) is 17.3 Å². The number of pyridine rings is 1. The summed E-state index contributed by atoms with van der Waals surface area (Å²) in [6.07, 6.45) is 1.90. The van der Waals surface area contributed by atoms with Crippen LogP contribution in [0, 0.1) is 6.92 Å². The number of amides is 1. The first-order chi connectivity index (χ1) is 8.56. The second kappa shape index (κ2) is 5.35. The Bertz CT molecular complexity index is 548. The second-order valence-corrected chi connectivity index (χ2v) is 4.89. The number of aryl methyl sites for hydroxylation is 1. The zero-order valence-corrected chi connectivity index (χ0v) is 11.8. The number of hydrogen-bond donors (Lipinski definition) is 0. The number of hydrogen-bond acceptors (Lipinski definition) is 3. The average molecular weight is 309 g/mol. The second-order valence-electron chi connectivity index (χ2n) is 3.98. The zero-order chi connectivity index (χ0) is 13.1. The van der Waals surface area contributed by atoms with Gasteiger partial charge in [-0.05, 0) is 47.1 Å². The van der Waals surface area contributed by atoms with Gasteiger partial charge in [-0.2, -0.15) is 0 Å². The van der Waals surface area contributed by atoms with Crippen LogP contribution in [0.3, 0.4) is 0 Å². The summed E-state index contributed by atoms with van der Waals surface area (Å²) < 4.78 is 6.27. The Morgan fingerprint density at radius 3 is 2.72 bits per heavy atom. The smallest absolute Gasteiger partial charge is 0.235 e. The molecule has 94 valence electrons. The van der Waals surface area contributed by atoms with Gasteiger partial charge in [0.2, 0.25) is 5.91 Å². The Kier molecular flexibility index (Phi) is 3.81. The Hall–Kier alpha value is -1.62. The van der Waals surface area contributed by atoms with Gasteiger partial charge in [0.25, 0.3) is 0 Å². The van der Waals surface area contributed by atoms with Crippen molar-refractivity contribution in [3.63, 3.8) is 0 Å². The molecule has 0 aliphatic heterocycles. The minimum Gasteiger partial charge on any atom is -0.466 e. The molecule has 1 amide bonds. The van der Waals surface area contributed by atoms with Crippen molar-refractivity contribution in [3.8, 4) is 0 Å². The van der Waals surface area contributed by atoms with Gasteiger partial charge in [-0.3, -0.25) is 9.69 Å². The molecule has 2 aromatic heterocycles. The normalized spacial score (nSPS) is 10.4. The van der Waals surface area contributed by atoms with E-state index >= 15 is 0 Å².